The molecule has 0 aromatic carbocycles. The molecule has 0 radical (unpaired) electrons. The molecule has 0 aliphatic rings. The van der Waals surface area contributed by atoms with Crippen molar-refractivity contribution in [2.24, 2.45) is 16.5 Å². The third-order valence-corrected chi connectivity index (χ3v) is 2.91. The standard InChI is InChI=1S/C10H16N4O2S/c1-3-6(2)16-9(15)7(14-10(11)12)8-13-4-5-17-8/h4-7H,3H2,1-2H3,(H4,11,12,14). The van der Waals surface area contributed by atoms with Crippen molar-refractivity contribution >= 4 is 23.3 Å². The normalized spacial score (nSPS) is 13.8. The van der Waals surface area contributed by atoms with Crippen LogP contribution in [0.4, 0.5) is 0 Å². The number of carbonyl (C=O) groups excluding carboxylic acids is 1. The molecule has 1 aromatic heterocycles. The number of carbonyl (C=O) groups is 1. The monoisotopic (exact) mass is 256 g/mol. The van der Waals surface area contributed by atoms with E-state index in [2.05, 4.69) is 9.98 Å². The Morgan fingerprint density at radius 1 is 1.65 bits per heavy atom. The van der Waals surface area contributed by atoms with Crippen molar-refractivity contribution in [2.75, 3.05) is 0 Å². The summed E-state index contributed by atoms with van der Waals surface area (Å²) in [4.78, 5) is 19.7. The Hall–Kier alpha value is -1.63. The summed E-state index contributed by atoms with van der Waals surface area (Å²) in [5, 5.41) is 2.27. The lowest BCUT2D eigenvalue weighted by atomic mass is 10.3. The number of hydrogen-bond donors (Lipinski definition) is 2. The van der Waals surface area contributed by atoms with Gasteiger partial charge in [0.05, 0.1) is 6.10 Å². The molecule has 0 spiro atoms. The van der Waals surface area contributed by atoms with Crippen LogP contribution in [0.1, 0.15) is 31.3 Å². The highest BCUT2D eigenvalue weighted by atomic mass is 32.1. The Balaban J connectivity index is 2.84. The van der Waals surface area contributed by atoms with Crippen LogP contribution in [-0.2, 0) is 9.53 Å². The van der Waals surface area contributed by atoms with Gasteiger partial charge in [-0.1, -0.05) is 6.92 Å². The van der Waals surface area contributed by atoms with Crippen LogP contribution in [0.5, 0.6) is 0 Å². The molecule has 6 nitrogen and oxygen atoms in total. The van der Waals surface area contributed by atoms with Gasteiger partial charge in [0.25, 0.3) is 0 Å². The largest absolute Gasteiger partial charge is 0.461 e. The molecule has 0 saturated carbocycles. The topological polar surface area (TPSA) is 104 Å². The van der Waals surface area contributed by atoms with E-state index in [1.165, 1.54) is 11.3 Å². The molecular weight excluding hydrogens is 240 g/mol. The number of nitrogens with zero attached hydrogens (tertiary/aromatic N) is 2. The van der Waals surface area contributed by atoms with Crippen molar-refractivity contribution in [3.8, 4) is 0 Å². The fraction of sp³-hybridized carbons (Fsp3) is 0.500. The van der Waals surface area contributed by atoms with Gasteiger partial charge in [0, 0.05) is 11.6 Å². The number of ether oxygens (including phenoxy) is 1. The van der Waals surface area contributed by atoms with E-state index in [-0.39, 0.29) is 12.1 Å². The van der Waals surface area contributed by atoms with Crippen molar-refractivity contribution in [2.45, 2.75) is 32.4 Å². The fourth-order valence-electron chi connectivity index (χ4n) is 1.07. The third kappa shape index (κ3) is 4.03. The van der Waals surface area contributed by atoms with Crippen LogP contribution in [0.25, 0.3) is 0 Å². The Morgan fingerprint density at radius 3 is 2.82 bits per heavy atom. The van der Waals surface area contributed by atoms with E-state index in [0.717, 1.165) is 6.42 Å². The summed E-state index contributed by atoms with van der Waals surface area (Å²) < 4.78 is 5.20. The smallest absolute Gasteiger partial charge is 0.338 e. The molecule has 1 aromatic rings. The van der Waals surface area contributed by atoms with Gasteiger partial charge in [0.2, 0.25) is 6.04 Å². The van der Waals surface area contributed by atoms with Gasteiger partial charge in [0.1, 0.15) is 5.01 Å². The minimum atomic E-state index is -0.867. The minimum absolute atomic E-state index is 0.161. The van der Waals surface area contributed by atoms with Crippen LogP contribution in [0.3, 0.4) is 0 Å². The van der Waals surface area contributed by atoms with Gasteiger partial charge >= 0.3 is 5.97 Å². The number of guanidine groups is 1. The van der Waals surface area contributed by atoms with Crippen LogP contribution in [-0.4, -0.2) is 23.0 Å². The molecule has 0 saturated heterocycles. The molecule has 0 amide bonds. The van der Waals surface area contributed by atoms with E-state index in [1.54, 1.807) is 11.6 Å². The van der Waals surface area contributed by atoms with Crippen molar-refractivity contribution in [1.82, 2.24) is 4.98 Å². The van der Waals surface area contributed by atoms with Gasteiger partial charge in [-0.25, -0.2) is 14.8 Å². The fourth-order valence-corrected chi connectivity index (χ4v) is 1.73. The average Bonchev–Trinajstić information content (AvgIpc) is 2.78. The first kappa shape index (κ1) is 13.4. The second kappa shape index (κ2) is 6.19. The molecule has 0 fully saturated rings. The predicted molar refractivity (Wildman–Crippen MR) is 66.5 cm³/mol. The molecule has 0 aliphatic heterocycles. The van der Waals surface area contributed by atoms with Gasteiger partial charge in [-0.15, -0.1) is 11.3 Å². The third-order valence-electron chi connectivity index (χ3n) is 2.08. The van der Waals surface area contributed by atoms with Gasteiger partial charge in [-0.3, -0.25) is 0 Å². The molecule has 7 heteroatoms. The molecular formula is C10H16N4O2S. The summed E-state index contributed by atoms with van der Waals surface area (Å²) in [6.45, 7) is 3.74. The molecule has 2 unspecified atom stereocenters. The Labute approximate surface area is 104 Å². The lowest BCUT2D eigenvalue weighted by Gasteiger charge is -2.14. The summed E-state index contributed by atoms with van der Waals surface area (Å²) in [7, 11) is 0. The van der Waals surface area contributed by atoms with Crippen LogP contribution in [0.2, 0.25) is 0 Å². The number of aromatic nitrogens is 1. The first-order chi connectivity index (χ1) is 8.04. The summed E-state index contributed by atoms with van der Waals surface area (Å²) in [6.07, 6.45) is 2.16. The Bertz CT molecular complexity index is 387. The van der Waals surface area contributed by atoms with Crippen molar-refractivity contribution in [3.63, 3.8) is 0 Å². The van der Waals surface area contributed by atoms with Gasteiger partial charge in [0.15, 0.2) is 5.96 Å². The van der Waals surface area contributed by atoms with Crippen molar-refractivity contribution in [3.05, 3.63) is 16.6 Å². The zero-order chi connectivity index (χ0) is 12.8. The van der Waals surface area contributed by atoms with E-state index in [9.17, 15) is 4.79 Å². The quantitative estimate of drug-likeness (QED) is 0.460. The highest BCUT2D eigenvalue weighted by molar-refractivity contribution is 7.09. The number of nitrogens with two attached hydrogens (primary N) is 2. The van der Waals surface area contributed by atoms with E-state index in [1.807, 2.05) is 13.8 Å². The zero-order valence-corrected chi connectivity index (χ0v) is 10.6. The Kier molecular flexibility index (Phi) is 4.89. The highest BCUT2D eigenvalue weighted by Crippen LogP contribution is 2.22. The average molecular weight is 256 g/mol. The first-order valence-corrected chi connectivity index (χ1v) is 6.11. The molecule has 0 aliphatic carbocycles. The van der Waals surface area contributed by atoms with Gasteiger partial charge < -0.3 is 16.2 Å². The van der Waals surface area contributed by atoms with E-state index in [0.29, 0.717) is 5.01 Å². The lowest BCUT2D eigenvalue weighted by Crippen LogP contribution is -2.27. The molecule has 17 heavy (non-hydrogen) atoms. The van der Waals surface area contributed by atoms with E-state index >= 15 is 0 Å². The second-order valence-corrected chi connectivity index (χ2v) is 4.41. The number of rotatable bonds is 5. The lowest BCUT2D eigenvalue weighted by molar-refractivity contribution is -0.150. The highest BCUT2D eigenvalue weighted by Gasteiger charge is 2.25. The van der Waals surface area contributed by atoms with Crippen molar-refractivity contribution < 1.29 is 9.53 Å². The second-order valence-electron chi connectivity index (χ2n) is 3.48. The maximum atomic E-state index is 11.9. The van der Waals surface area contributed by atoms with Crippen LogP contribution in [0, 0.1) is 0 Å². The summed E-state index contributed by atoms with van der Waals surface area (Å²) >= 11 is 1.31. The van der Waals surface area contributed by atoms with Crippen LogP contribution in [0.15, 0.2) is 16.6 Å². The Morgan fingerprint density at radius 2 is 2.35 bits per heavy atom. The van der Waals surface area contributed by atoms with Crippen LogP contribution >= 0.6 is 11.3 Å². The number of hydrogen-bond acceptors (Lipinski definition) is 5. The minimum Gasteiger partial charge on any atom is -0.461 e. The molecule has 4 N–H and O–H groups in total. The molecule has 94 valence electrons. The maximum Gasteiger partial charge on any atom is 0.338 e. The number of thiazole rings is 1. The summed E-state index contributed by atoms with van der Waals surface area (Å²) in [5.74, 6) is -0.644. The molecule has 1 heterocycles. The van der Waals surface area contributed by atoms with Gasteiger partial charge in [-0.05, 0) is 13.3 Å². The van der Waals surface area contributed by atoms with E-state index < -0.39 is 12.0 Å². The molecule has 1 rings (SSSR count). The number of aliphatic imine (C=N–C) groups is 1. The summed E-state index contributed by atoms with van der Waals surface area (Å²) in [6, 6.07) is -0.867. The molecule has 2 atom stereocenters. The first-order valence-electron chi connectivity index (χ1n) is 5.23. The van der Waals surface area contributed by atoms with Crippen molar-refractivity contribution in [1.29, 1.82) is 0 Å². The maximum absolute atomic E-state index is 11.9. The zero-order valence-electron chi connectivity index (χ0n) is 9.79. The van der Waals surface area contributed by atoms with Crippen LogP contribution < -0.4 is 11.5 Å². The number of esters is 1. The van der Waals surface area contributed by atoms with E-state index in [4.69, 9.17) is 16.2 Å². The summed E-state index contributed by atoms with van der Waals surface area (Å²) in [5.41, 5.74) is 10.6. The van der Waals surface area contributed by atoms with Gasteiger partial charge in [-0.2, -0.15) is 0 Å². The SMILES string of the molecule is CCC(C)OC(=O)C(N=C(N)N)c1nccs1. The molecule has 0 bridgehead atoms. The predicted octanol–water partition coefficient (Wildman–Crippen LogP) is 0.799.